The van der Waals surface area contributed by atoms with Gasteiger partial charge < -0.3 is 20.3 Å². The van der Waals surface area contributed by atoms with Crippen LogP contribution in [0.4, 0.5) is 0 Å². The zero-order chi connectivity index (χ0) is 22.4. The molecule has 31 heavy (non-hydrogen) atoms. The normalized spacial score (nSPS) is 27.7. The van der Waals surface area contributed by atoms with E-state index < -0.39 is 5.41 Å². The van der Waals surface area contributed by atoms with Crippen molar-refractivity contribution in [3.05, 3.63) is 0 Å². The zero-order valence-electron chi connectivity index (χ0n) is 20.0. The lowest BCUT2D eigenvalue weighted by atomic mass is 9.76. The fraction of sp³-hybridized carbons (Fsp3) is 0.917. The van der Waals surface area contributed by atoms with Gasteiger partial charge >= 0.3 is 0 Å². The van der Waals surface area contributed by atoms with Gasteiger partial charge in [-0.05, 0) is 84.3 Å². The van der Waals surface area contributed by atoms with Gasteiger partial charge in [0.15, 0.2) is 0 Å². The number of piperidine rings is 3. The fourth-order valence-corrected chi connectivity index (χ4v) is 5.83. The fourth-order valence-electron chi connectivity index (χ4n) is 5.83. The predicted octanol–water partition coefficient (Wildman–Crippen LogP) is 2.09. The highest BCUT2D eigenvalue weighted by molar-refractivity contribution is 5.81. The molecule has 3 rings (SSSR count). The molecule has 1 unspecified atom stereocenters. The Morgan fingerprint density at radius 2 is 1.74 bits per heavy atom. The minimum absolute atomic E-state index is 0.189. The Morgan fingerprint density at radius 3 is 2.32 bits per heavy atom. The van der Waals surface area contributed by atoms with Crippen LogP contribution in [0, 0.1) is 11.3 Å². The lowest BCUT2D eigenvalue weighted by Gasteiger charge is -2.46. The second-order valence-corrected chi connectivity index (χ2v) is 10.4. The van der Waals surface area contributed by atoms with Gasteiger partial charge in [0.1, 0.15) is 0 Å². The molecule has 2 N–H and O–H groups in total. The van der Waals surface area contributed by atoms with Gasteiger partial charge in [0.2, 0.25) is 11.8 Å². The van der Waals surface area contributed by atoms with E-state index in [4.69, 9.17) is 10.5 Å². The standard InChI is InChI=1S/C24H44N4O3/c1-19(2)26-12-5-20(6-13-26)17-22(29)27-14-7-21(8-15-27)28-11-4-9-24(18-28,23(25)30)10-16-31-3/h19-21H,4-18H2,1-3H3,(H2,25,30). The van der Waals surface area contributed by atoms with E-state index in [1.54, 1.807) is 7.11 Å². The van der Waals surface area contributed by atoms with Gasteiger partial charge in [0, 0.05) is 51.9 Å². The summed E-state index contributed by atoms with van der Waals surface area (Å²) in [6.45, 7) is 10.8. The smallest absolute Gasteiger partial charge is 0.225 e. The van der Waals surface area contributed by atoms with Crippen molar-refractivity contribution in [1.29, 1.82) is 0 Å². The number of primary amides is 1. The molecule has 0 bridgehead atoms. The number of hydrogen-bond acceptors (Lipinski definition) is 5. The molecule has 0 aromatic rings. The Bertz CT molecular complexity index is 598. The van der Waals surface area contributed by atoms with Gasteiger partial charge in [-0.25, -0.2) is 0 Å². The van der Waals surface area contributed by atoms with Gasteiger partial charge in [-0.15, -0.1) is 0 Å². The van der Waals surface area contributed by atoms with E-state index >= 15 is 0 Å². The third kappa shape index (κ3) is 6.20. The second-order valence-electron chi connectivity index (χ2n) is 10.4. The quantitative estimate of drug-likeness (QED) is 0.630. The third-order valence-corrected chi connectivity index (χ3v) is 8.09. The lowest BCUT2D eigenvalue weighted by Crippen LogP contribution is -2.56. The van der Waals surface area contributed by atoms with E-state index in [9.17, 15) is 9.59 Å². The maximum absolute atomic E-state index is 12.9. The first-order valence-corrected chi connectivity index (χ1v) is 12.4. The highest BCUT2D eigenvalue weighted by atomic mass is 16.5. The first-order chi connectivity index (χ1) is 14.8. The molecular weight excluding hydrogens is 392 g/mol. The number of ether oxygens (including phenoxy) is 1. The summed E-state index contributed by atoms with van der Waals surface area (Å²) < 4.78 is 5.25. The largest absolute Gasteiger partial charge is 0.385 e. The summed E-state index contributed by atoms with van der Waals surface area (Å²) in [4.78, 5) is 32.2. The van der Waals surface area contributed by atoms with Crippen LogP contribution in [0.1, 0.15) is 65.2 Å². The number of carbonyl (C=O) groups excluding carboxylic acids is 2. The molecular formula is C24H44N4O3. The van der Waals surface area contributed by atoms with Gasteiger partial charge in [-0.1, -0.05) is 0 Å². The van der Waals surface area contributed by atoms with Crippen molar-refractivity contribution in [3.8, 4) is 0 Å². The van der Waals surface area contributed by atoms with Crippen molar-refractivity contribution in [3.63, 3.8) is 0 Å². The first-order valence-electron chi connectivity index (χ1n) is 12.4. The predicted molar refractivity (Wildman–Crippen MR) is 123 cm³/mol. The summed E-state index contributed by atoms with van der Waals surface area (Å²) in [6.07, 6.45) is 7.55. The van der Waals surface area contributed by atoms with E-state index in [1.165, 1.54) is 0 Å². The first kappa shape index (κ1) is 24.5. The van der Waals surface area contributed by atoms with E-state index in [0.717, 1.165) is 77.8 Å². The third-order valence-electron chi connectivity index (χ3n) is 8.09. The van der Waals surface area contributed by atoms with Crippen molar-refractivity contribution >= 4 is 11.8 Å². The van der Waals surface area contributed by atoms with Crippen molar-refractivity contribution in [2.75, 3.05) is 53.0 Å². The second kappa shape index (κ2) is 11.1. The summed E-state index contributed by atoms with van der Waals surface area (Å²) in [5, 5.41) is 0. The molecule has 3 aliphatic rings. The number of nitrogens with two attached hydrogens (primary N) is 1. The van der Waals surface area contributed by atoms with Crippen LogP contribution in [0.5, 0.6) is 0 Å². The molecule has 1 atom stereocenters. The summed E-state index contributed by atoms with van der Waals surface area (Å²) in [5.74, 6) is 0.691. The molecule has 178 valence electrons. The van der Waals surface area contributed by atoms with Crippen LogP contribution in [0.2, 0.25) is 0 Å². The number of nitrogens with zero attached hydrogens (tertiary/aromatic N) is 3. The van der Waals surface area contributed by atoms with E-state index in [2.05, 4.69) is 28.5 Å². The topological polar surface area (TPSA) is 79.1 Å². The zero-order valence-corrected chi connectivity index (χ0v) is 20.0. The Kier molecular flexibility index (Phi) is 8.76. The van der Waals surface area contributed by atoms with Crippen LogP contribution < -0.4 is 5.73 Å². The van der Waals surface area contributed by atoms with E-state index in [-0.39, 0.29) is 5.91 Å². The molecule has 0 aliphatic carbocycles. The average molecular weight is 437 g/mol. The molecule has 3 fully saturated rings. The van der Waals surface area contributed by atoms with E-state index in [1.807, 2.05) is 0 Å². The molecule has 0 spiro atoms. The SMILES string of the molecule is COCCC1(C(N)=O)CCCN(C2CCN(C(=O)CC3CCN(C(C)C)CC3)CC2)C1. The minimum atomic E-state index is -0.466. The molecule has 0 aromatic heterocycles. The lowest BCUT2D eigenvalue weighted by molar-refractivity contribution is -0.135. The van der Waals surface area contributed by atoms with Crippen LogP contribution >= 0.6 is 0 Å². The monoisotopic (exact) mass is 436 g/mol. The Hall–Kier alpha value is -1.18. The molecule has 3 saturated heterocycles. The number of methoxy groups -OCH3 is 1. The highest BCUT2D eigenvalue weighted by Gasteiger charge is 2.42. The van der Waals surface area contributed by atoms with Crippen LogP contribution in [0.25, 0.3) is 0 Å². The number of likely N-dealkylation sites (tertiary alicyclic amines) is 3. The molecule has 7 nitrogen and oxygen atoms in total. The Balaban J connectivity index is 1.45. The Morgan fingerprint density at radius 1 is 1.06 bits per heavy atom. The molecule has 3 heterocycles. The summed E-state index contributed by atoms with van der Waals surface area (Å²) in [7, 11) is 1.68. The van der Waals surface area contributed by atoms with Crippen molar-refractivity contribution < 1.29 is 14.3 Å². The molecule has 7 heteroatoms. The maximum atomic E-state index is 12.9. The molecule has 2 amide bonds. The number of amides is 2. The van der Waals surface area contributed by atoms with Gasteiger partial charge in [0.25, 0.3) is 0 Å². The van der Waals surface area contributed by atoms with Crippen LogP contribution in [0.15, 0.2) is 0 Å². The Labute approximate surface area is 188 Å². The van der Waals surface area contributed by atoms with Crippen molar-refractivity contribution in [2.45, 2.75) is 77.3 Å². The van der Waals surface area contributed by atoms with Crippen LogP contribution in [-0.2, 0) is 14.3 Å². The van der Waals surface area contributed by atoms with Crippen molar-refractivity contribution in [1.82, 2.24) is 14.7 Å². The van der Waals surface area contributed by atoms with E-state index in [0.29, 0.717) is 43.4 Å². The number of rotatable bonds is 8. The van der Waals surface area contributed by atoms with Gasteiger partial charge in [-0.2, -0.15) is 0 Å². The molecule has 0 aromatic carbocycles. The summed E-state index contributed by atoms with van der Waals surface area (Å²) >= 11 is 0. The minimum Gasteiger partial charge on any atom is -0.385 e. The van der Waals surface area contributed by atoms with Crippen molar-refractivity contribution in [2.24, 2.45) is 17.1 Å². The summed E-state index contributed by atoms with van der Waals surface area (Å²) in [5.41, 5.74) is 5.37. The number of hydrogen-bond donors (Lipinski definition) is 1. The molecule has 0 radical (unpaired) electrons. The highest BCUT2D eigenvalue weighted by Crippen LogP contribution is 2.36. The molecule has 0 saturated carbocycles. The average Bonchev–Trinajstić information content (AvgIpc) is 2.78. The van der Waals surface area contributed by atoms with Gasteiger partial charge in [0.05, 0.1) is 5.41 Å². The van der Waals surface area contributed by atoms with Crippen LogP contribution in [-0.4, -0.2) is 91.6 Å². The van der Waals surface area contributed by atoms with Gasteiger partial charge in [-0.3, -0.25) is 14.5 Å². The number of carbonyl (C=O) groups is 2. The molecule has 3 aliphatic heterocycles. The summed E-state index contributed by atoms with van der Waals surface area (Å²) in [6, 6.07) is 1.05. The van der Waals surface area contributed by atoms with Crippen LogP contribution in [0.3, 0.4) is 0 Å². The maximum Gasteiger partial charge on any atom is 0.225 e.